The van der Waals surface area contributed by atoms with Crippen molar-refractivity contribution in [3.8, 4) is 0 Å². The normalized spacial score (nSPS) is 18.6. The minimum absolute atomic E-state index is 0. The van der Waals surface area contributed by atoms with Crippen LogP contribution in [0.3, 0.4) is 0 Å². The van der Waals surface area contributed by atoms with Gasteiger partial charge in [0.05, 0.1) is 0 Å². The van der Waals surface area contributed by atoms with Crippen molar-refractivity contribution in [1.82, 2.24) is 9.88 Å². The van der Waals surface area contributed by atoms with Crippen molar-refractivity contribution in [3.63, 3.8) is 0 Å². The number of hydrogen-bond donors (Lipinski definition) is 2. The second-order valence-corrected chi connectivity index (χ2v) is 6.86. The van der Waals surface area contributed by atoms with Crippen molar-refractivity contribution in [3.05, 3.63) is 35.5 Å². The van der Waals surface area contributed by atoms with Crippen LogP contribution < -0.4 is 5.73 Å². The fourth-order valence-electron chi connectivity index (χ4n) is 3.00. The van der Waals surface area contributed by atoms with Gasteiger partial charge < -0.3 is 10.7 Å². The van der Waals surface area contributed by atoms with E-state index < -0.39 is 0 Å². The fourth-order valence-corrected chi connectivity index (χ4v) is 3.00. The van der Waals surface area contributed by atoms with Gasteiger partial charge in [0.1, 0.15) is 0 Å². The maximum atomic E-state index is 5.70. The third-order valence-corrected chi connectivity index (χ3v) is 4.58. The Labute approximate surface area is 139 Å². The van der Waals surface area contributed by atoms with Gasteiger partial charge in [0, 0.05) is 43.2 Å². The average molecular weight is 278 g/mol. The minimum Gasteiger partial charge on any atom is -0.357 e. The van der Waals surface area contributed by atoms with E-state index >= 15 is 0 Å². The van der Waals surface area contributed by atoms with Gasteiger partial charge in [-0.15, -0.1) is 0 Å². The van der Waals surface area contributed by atoms with Crippen LogP contribution in [0.25, 0.3) is 10.9 Å². The van der Waals surface area contributed by atoms with Crippen LogP contribution in [-0.4, -0.2) is 41.8 Å². The molecule has 0 unspecified atom stereocenters. The minimum atomic E-state index is 0. The van der Waals surface area contributed by atoms with E-state index in [2.05, 4.69) is 48.0 Å². The van der Waals surface area contributed by atoms with E-state index in [0.29, 0.717) is 12.0 Å². The molecule has 21 heavy (non-hydrogen) atoms. The molecule has 0 bridgehead atoms. The van der Waals surface area contributed by atoms with E-state index in [1.54, 1.807) is 0 Å². The van der Waals surface area contributed by atoms with E-state index in [1.807, 2.05) is 0 Å². The summed E-state index contributed by atoms with van der Waals surface area (Å²) in [7, 11) is 0. The summed E-state index contributed by atoms with van der Waals surface area (Å²) >= 11 is 0. The molecule has 2 aromatic rings. The third-order valence-electron chi connectivity index (χ3n) is 4.58. The van der Waals surface area contributed by atoms with Crippen LogP contribution in [0.1, 0.15) is 37.9 Å². The van der Waals surface area contributed by atoms with Crippen LogP contribution >= 0.6 is 0 Å². The van der Waals surface area contributed by atoms with Crippen LogP contribution in [0.5, 0.6) is 0 Å². The summed E-state index contributed by atoms with van der Waals surface area (Å²) in [5.41, 5.74) is 9.93. The second kappa shape index (κ2) is 6.58. The van der Waals surface area contributed by atoms with Crippen molar-refractivity contribution in [2.24, 2.45) is 11.1 Å². The Hall–Kier alpha value is -0.723. The smallest absolute Gasteiger partial charge is 0.0459 e. The van der Waals surface area contributed by atoms with Gasteiger partial charge in [0.2, 0.25) is 0 Å². The number of nitrogens with zero attached hydrogens (tertiary/aromatic N) is 1. The summed E-state index contributed by atoms with van der Waals surface area (Å²) in [6, 6.07) is 8.72. The number of benzene rings is 1. The van der Waals surface area contributed by atoms with E-state index in [-0.39, 0.29) is 18.9 Å². The number of nitrogens with one attached hydrogen (secondary N) is 1. The zero-order valence-electron chi connectivity index (χ0n) is 13.6. The first-order valence-electron chi connectivity index (χ1n) is 7.59. The molecule has 109 valence electrons. The number of aromatic amines is 1. The van der Waals surface area contributed by atoms with Gasteiger partial charge in [-0.1, -0.05) is 26.0 Å². The molecule has 2 heterocycles. The van der Waals surface area contributed by atoms with Gasteiger partial charge in [-0.2, -0.15) is 0 Å². The maximum absolute atomic E-state index is 5.70. The Bertz CT molecular complexity index is 593. The molecule has 3 nitrogen and oxygen atoms in total. The number of hydrogen-bond acceptors (Lipinski definition) is 2. The molecule has 4 heteroatoms. The molecule has 3 N–H and O–H groups in total. The number of rotatable bonds is 3. The van der Waals surface area contributed by atoms with Gasteiger partial charge in [-0.3, -0.25) is 4.90 Å². The third kappa shape index (κ3) is 3.93. The molecule has 1 aliphatic heterocycles. The molecule has 0 saturated carbocycles. The first kappa shape index (κ1) is 16.6. The van der Waals surface area contributed by atoms with Crippen molar-refractivity contribution in [2.45, 2.75) is 39.8 Å². The topological polar surface area (TPSA) is 45.0 Å². The number of piperidine rings is 1. The number of aromatic nitrogens is 1. The zero-order valence-corrected chi connectivity index (χ0v) is 13.6. The van der Waals surface area contributed by atoms with Crippen LogP contribution in [-0.2, 0) is 13.1 Å². The molecule has 3 rings (SSSR count). The van der Waals surface area contributed by atoms with Crippen molar-refractivity contribution >= 4 is 29.8 Å². The van der Waals surface area contributed by atoms with E-state index in [0.717, 1.165) is 6.54 Å². The molecule has 0 atom stereocenters. The molecule has 0 aliphatic carbocycles. The molecule has 1 aromatic heterocycles. The zero-order chi connectivity index (χ0) is 14.2. The maximum Gasteiger partial charge on any atom is 0.0459 e. The van der Waals surface area contributed by atoms with Crippen molar-refractivity contribution in [2.75, 3.05) is 13.1 Å². The van der Waals surface area contributed by atoms with Gasteiger partial charge in [0.15, 0.2) is 0 Å². The SMILES string of the molecule is CC1(C)CCN(Cc2cc3ccc(CN)cc3[nH]2)CC1.[Li]. The summed E-state index contributed by atoms with van der Waals surface area (Å²) in [4.78, 5) is 6.10. The molecule has 1 aliphatic rings. The summed E-state index contributed by atoms with van der Waals surface area (Å²) in [5.74, 6) is 0. The molecule has 0 amide bonds. The predicted octanol–water partition coefficient (Wildman–Crippen LogP) is 2.87. The summed E-state index contributed by atoms with van der Waals surface area (Å²) in [6.07, 6.45) is 2.59. The van der Waals surface area contributed by atoms with Crippen molar-refractivity contribution < 1.29 is 0 Å². The first-order valence-corrected chi connectivity index (χ1v) is 7.59. The molecule has 1 saturated heterocycles. The standard InChI is InChI=1S/C17H25N3.Li/c1-17(2)5-7-20(8-6-17)12-15-10-14-4-3-13(11-18)9-16(14)19-15;/h3-4,9-10,19H,5-8,11-12,18H2,1-2H3;. The van der Waals surface area contributed by atoms with Gasteiger partial charge in [0.25, 0.3) is 0 Å². The summed E-state index contributed by atoms with van der Waals surface area (Å²) in [5, 5.41) is 1.29. The Morgan fingerprint density at radius 2 is 1.90 bits per heavy atom. The molecule has 1 radical (unpaired) electrons. The Kier molecular flexibility index (Phi) is 5.22. The van der Waals surface area contributed by atoms with Gasteiger partial charge in [-0.05, 0) is 54.4 Å². The van der Waals surface area contributed by atoms with Gasteiger partial charge >= 0.3 is 0 Å². The molecular weight excluding hydrogens is 253 g/mol. The predicted molar refractivity (Wildman–Crippen MR) is 90.2 cm³/mol. The van der Waals surface area contributed by atoms with E-state index in [1.165, 1.54) is 48.1 Å². The monoisotopic (exact) mass is 278 g/mol. The van der Waals surface area contributed by atoms with Crippen LogP contribution in [0.2, 0.25) is 0 Å². The Balaban J connectivity index is 0.00000161. The quantitative estimate of drug-likeness (QED) is 0.848. The number of likely N-dealkylation sites (tertiary alicyclic amines) is 1. The molecule has 1 aromatic carbocycles. The number of H-pyrrole nitrogens is 1. The largest absolute Gasteiger partial charge is 0.357 e. The van der Waals surface area contributed by atoms with Crippen LogP contribution in [0.15, 0.2) is 24.3 Å². The number of fused-ring (bicyclic) bond motifs is 1. The van der Waals surface area contributed by atoms with Crippen LogP contribution in [0.4, 0.5) is 0 Å². The van der Waals surface area contributed by atoms with E-state index in [9.17, 15) is 0 Å². The second-order valence-electron chi connectivity index (χ2n) is 6.86. The fraction of sp³-hybridized carbons (Fsp3) is 0.529. The Morgan fingerprint density at radius 1 is 1.19 bits per heavy atom. The molecule has 1 fully saturated rings. The van der Waals surface area contributed by atoms with Gasteiger partial charge in [-0.25, -0.2) is 0 Å². The molecule has 0 spiro atoms. The van der Waals surface area contributed by atoms with E-state index in [4.69, 9.17) is 5.73 Å². The Morgan fingerprint density at radius 3 is 2.57 bits per heavy atom. The number of nitrogens with two attached hydrogens (primary N) is 1. The first-order chi connectivity index (χ1) is 9.55. The molecular formula is C17H25LiN3. The van der Waals surface area contributed by atoms with Crippen LogP contribution in [0, 0.1) is 5.41 Å². The summed E-state index contributed by atoms with van der Waals surface area (Å²) < 4.78 is 0. The average Bonchev–Trinajstić information content (AvgIpc) is 2.82. The summed E-state index contributed by atoms with van der Waals surface area (Å²) in [6.45, 7) is 8.80. The van der Waals surface area contributed by atoms with Crippen molar-refractivity contribution in [1.29, 1.82) is 0 Å².